The van der Waals surface area contributed by atoms with Crippen LogP contribution in [0.25, 0.3) is 0 Å². The lowest BCUT2D eigenvalue weighted by Gasteiger charge is -2.41. The van der Waals surface area contributed by atoms with Crippen LogP contribution < -0.4 is 9.62 Å². The van der Waals surface area contributed by atoms with Gasteiger partial charge in [-0.15, -0.1) is 16.1 Å². The first-order valence-corrected chi connectivity index (χ1v) is 12.2. The Morgan fingerprint density at radius 2 is 2.18 bits per heavy atom. The molecule has 2 saturated heterocycles. The van der Waals surface area contributed by atoms with Gasteiger partial charge in [-0.05, 0) is 31.6 Å². The molecule has 1 N–H and O–H groups in total. The van der Waals surface area contributed by atoms with Crippen molar-refractivity contribution in [3.8, 4) is 0 Å². The van der Waals surface area contributed by atoms with Crippen LogP contribution in [0.15, 0.2) is 10.9 Å². The lowest BCUT2D eigenvalue weighted by molar-refractivity contribution is -0.0273. The number of aromatic nitrogens is 1. The Kier molecular flexibility index (Phi) is 8.22. The molecule has 158 valence electrons. The number of anilines is 1. The van der Waals surface area contributed by atoms with Gasteiger partial charge in [0.1, 0.15) is 12.1 Å². The standard InChI is InChI=1S/C18H30N4O4S2/c1-25-18(23)22-7-3-4-14(10-20-28(2)24)16(22)11-26-15-5-8-21(9-6-15)17-12-27-13-19-17/h12-16,20H,3-11H2,1-2H3/t14-,16+,28?/m1/s1. The molecule has 0 aromatic carbocycles. The lowest BCUT2D eigenvalue weighted by atomic mass is 9.89. The van der Waals surface area contributed by atoms with Gasteiger partial charge in [0.05, 0.1) is 31.4 Å². The van der Waals surface area contributed by atoms with Crippen molar-refractivity contribution in [3.63, 3.8) is 0 Å². The highest BCUT2D eigenvalue weighted by Crippen LogP contribution is 2.27. The maximum absolute atomic E-state index is 12.2. The summed E-state index contributed by atoms with van der Waals surface area (Å²) >= 11 is 0.545. The van der Waals surface area contributed by atoms with Crippen molar-refractivity contribution in [2.75, 3.05) is 51.1 Å². The fraction of sp³-hybridized carbons (Fsp3) is 0.778. The van der Waals surface area contributed by atoms with Crippen LogP contribution in [0.4, 0.5) is 10.6 Å². The van der Waals surface area contributed by atoms with Gasteiger partial charge in [-0.25, -0.2) is 9.78 Å². The van der Waals surface area contributed by atoms with E-state index >= 15 is 0 Å². The number of methoxy groups -OCH3 is 1. The van der Waals surface area contributed by atoms with E-state index in [-0.39, 0.29) is 24.2 Å². The van der Waals surface area contributed by atoms with E-state index in [0.29, 0.717) is 19.7 Å². The number of nitrogens with zero attached hydrogens (tertiary/aromatic N) is 3. The summed E-state index contributed by atoms with van der Waals surface area (Å²) in [5.41, 5.74) is 1.86. The van der Waals surface area contributed by atoms with Gasteiger partial charge in [-0.1, -0.05) is 0 Å². The van der Waals surface area contributed by atoms with E-state index in [1.165, 1.54) is 7.11 Å². The SMILES string of the molecule is COC(=O)N1CCC[C@H](CN[S+](C)[O-])[C@@H]1COC1CCN(c2cscn2)CC1. The average Bonchev–Trinajstić information content (AvgIpc) is 3.25. The summed E-state index contributed by atoms with van der Waals surface area (Å²) in [7, 11) is 1.41. The highest BCUT2D eigenvalue weighted by molar-refractivity contribution is 7.88. The van der Waals surface area contributed by atoms with E-state index in [1.807, 2.05) is 5.51 Å². The number of nitrogens with one attached hydrogen (secondary N) is 1. The quantitative estimate of drug-likeness (QED) is 0.660. The largest absolute Gasteiger partial charge is 0.598 e. The molecule has 2 fully saturated rings. The molecule has 3 heterocycles. The number of piperidine rings is 2. The third kappa shape index (κ3) is 5.73. The zero-order valence-corrected chi connectivity index (χ0v) is 18.2. The molecule has 1 unspecified atom stereocenters. The highest BCUT2D eigenvalue weighted by Gasteiger charge is 2.36. The Morgan fingerprint density at radius 3 is 2.82 bits per heavy atom. The molecular formula is C18H30N4O4S2. The smallest absolute Gasteiger partial charge is 0.409 e. The Morgan fingerprint density at radius 1 is 1.39 bits per heavy atom. The van der Waals surface area contributed by atoms with Crippen LogP contribution >= 0.6 is 11.3 Å². The fourth-order valence-corrected chi connectivity index (χ4v) is 5.03. The Balaban J connectivity index is 1.54. The van der Waals surface area contributed by atoms with Crippen molar-refractivity contribution < 1.29 is 18.8 Å². The summed E-state index contributed by atoms with van der Waals surface area (Å²) in [6.07, 6.45) is 5.30. The molecule has 0 bridgehead atoms. The van der Waals surface area contributed by atoms with Crippen molar-refractivity contribution in [2.24, 2.45) is 5.92 Å². The Hall–Kier alpha value is -1.07. The van der Waals surface area contributed by atoms with Crippen molar-refractivity contribution >= 4 is 34.6 Å². The maximum Gasteiger partial charge on any atom is 0.409 e. The monoisotopic (exact) mass is 430 g/mol. The number of thiazole rings is 1. The van der Waals surface area contributed by atoms with Gasteiger partial charge in [0.25, 0.3) is 0 Å². The summed E-state index contributed by atoms with van der Waals surface area (Å²) < 4.78 is 25.7. The van der Waals surface area contributed by atoms with E-state index in [1.54, 1.807) is 22.5 Å². The predicted molar refractivity (Wildman–Crippen MR) is 111 cm³/mol. The van der Waals surface area contributed by atoms with Crippen molar-refractivity contribution in [1.82, 2.24) is 14.6 Å². The number of ether oxygens (including phenoxy) is 2. The van der Waals surface area contributed by atoms with Crippen molar-refractivity contribution in [1.29, 1.82) is 0 Å². The minimum Gasteiger partial charge on any atom is -0.598 e. The summed E-state index contributed by atoms with van der Waals surface area (Å²) in [6.45, 7) is 3.62. The summed E-state index contributed by atoms with van der Waals surface area (Å²) in [5.74, 6) is 1.25. The third-order valence-corrected chi connectivity index (χ3v) is 6.71. The zero-order chi connectivity index (χ0) is 19.9. The molecule has 0 aliphatic carbocycles. The maximum atomic E-state index is 12.2. The minimum atomic E-state index is -1.07. The van der Waals surface area contributed by atoms with Crippen LogP contribution in [-0.4, -0.2) is 78.8 Å². The van der Waals surface area contributed by atoms with Crippen LogP contribution in [0.1, 0.15) is 25.7 Å². The van der Waals surface area contributed by atoms with Gasteiger partial charge in [-0.2, -0.15) is 0 Å². The fourth-order valence-electron chi connectivity index (χ4n) is 4.02. The first-order chi connectivity index (χ1) is 13.6. The molecular weight excluding hydrogens is 400 g/mol. The first-order valence-electron chi connectivity index (χ1n) is 9.74. The Labute approximate surface area is 173 Å². The molecule has 1 aromatic rings. The molecule has 1 aromatic heterocycles. The second kappa shape index (κ2) is 10.6. The average molecular weight is 431 g/mol. The number of amides is 1. The number of carbonyl (C=O) groups is 1. The third-order valence-electron chi connectivity index (χ3n) is 5.56. The second-order valence-corrected chi connectivity index (χ2v) is 9.22. The number of hydrogen-bond donors (Lipinski definition) is 1. The lowest BCUT2D eigenvalue weighted by Crippen LogP contribution is -2.54. The van der Waals surface area contributed by atoms with E-state index in [9.17, 15) is 9.35 Å². The van der Waals surface area contributed by atoms with E-state index < -0.39 is 11.4 Å². The number of likely N-dealkylation sites (tertiary alicyclic amines) is 1. The van der Waals surface area contributed by atoms with Gasteiger partial charge in [0.2, 0.25) is 0 Å². The summed E-state index contributed by atoms with van der Waals surface area (Å²) in [4.78, 5) is 20.7. The molecule has 10 heteroatoms. The van der Waals surface area contributed by atoms with Crippen LogP contribution in [0.2, 0.25) is 0 Å². The van der Waals surface area contributed by atoms with Crippen LogP contribution in [-0.2, 0) is 20.8 Å². The zero-order valence-electron chi connectivity index (χ0n) is 16.5. The number of carbonyl (C=O) groups excluding carboxylic acids is 1. The Bertz CT molecular complexity index is 596. The van der Waals surface area contributed by atoms with Gasteiger partial charge >= 0.3 is 6.09 Å². The van der Waals surface area contributed by atoms with Gasteiger partial charge in [0.15, 0.2) is 0 Å². The molecule has 3 rings (SSSR count). The molecule has 2 aliphatic rings. The van der Waals surface area contributed by atoms with E-state index in [2.05, 4.69) is 20.0 Å². The van der Waals surface area contributed by atoms with Crippen molar-refractivity contribution in [3.05, 3.63) is 10.9 Å². The van der Waals surface area contributed by atoms with Crippen LogP contribution in [0.5, 0.6) is 0 Å². The molecule has 0 spiro atoms. The topological polar surface area (TPSA) is 90.0 Å². The highest BCUT2D eigenvalue weighted by atomic mass is 32.2. The first kappa shape index (κ1) is 21.6. The number of rotatable bonds is 7. The molecule has 0 saturated carbocycles. The van der Waals surface area contributed by atoms with Crippen molar-refractivity contribution in [2.45, 2.75) is 37.8 Å². The van der Waals surface area contributed by atoms with Gasteiger partial charge in [0, 0.05) is 42.9 Å². The summed E-state index contributed by atoms with van der Waals surface area (Å²) in [5, 5.41) is 2.08. The van der Waals surface area contributed by atoms with E-state index in [4.69, 9.17) is 9.47 Å². The number of hydrogen-bond acceptors (Lipinski definition) is 8. The normalized spacial score (nSPS) is 25.0. The van der Waals surface area contributed by atoms with E-state index in [0.717, 1.165) is 44.6 Å². The van der Waals surface area contributed by atoms with Gasteiger partial charge < -0.3 is 23.8 Å². The van der Waals surface area contributed by atoms with Gasteiger partial charge in [-0.3, -0.25) is 0 Å². The molecule has 1 amide bonds. The van der Waals surface area contributed by atoms with Crippen LogP contribution in [0.3, 0.4) is 0 Å². The molecule has 0 radical (unpaired) electrons. The summed E-state index contributed by atoms with van der Waals surface area (Å²) in [6, 6.07) is -0.0613. The minimum absolute atomic E-state index is 0.0613. The van der Waals surface area contributed by atoms with Crippen LogP contribution in [0, 0.1) is 5.92 Å². The second-order valence-electron chi connectivity index (χ2n) is 7.30. The predicted octanol–water partition coefficient (Wildman–Crippen LogP) is 1.86. The molecule has 3 atom stereocenters. The molecule has 28 heavy (non-hydrogen) atoms. The molecule has 8 nitrogen and oxygen atoms in total. The molecule has 2 aliphatic heterocycles.